The van der Waals surface area contributed by atoms with Gasteiger partial charge >= 0.3 is 11.9 Å². The van der Waals surface area contributed by atoms with E-state index in [4.69, 9.17) is 21.1 Å². The van der Waals surface area contributed by atoms with E-state index in [-0.39, 0.29) is 13.0 Å². The third kappa shape index (κ3) is 6.91. The first kappa shape index (κ1) is 18.5. The minimum Gasteiger partial charge on any atom is -0.466 e. The van der Waals surface area contributed by atoms with Gasteiger partial charge in [-0.1, -0.05) is 23.7 Å². The monoisotopic (exact) mass is 327 g/mol. The molecule has 6 heteroatoms. The van der Waals surface area contributed by atoms with E-state index in [1.807, 2.05) is 24.3 Å². The summed E-state index contributed by atoms with van der Waals surface area (Å²) in [6, 6.07) is 6.80. The van der Waals surface area contributed by atoms with Gasteiger partial charge in [-0.3, -0.25) is 9.59 Å². The Balaban J connectivity index is 2.50. The normalized spacial score (nSPS) is 11.8. The van der Waals surface area contributed by atoms with Crippen LogP contribution >= 0.6 is 11.6 Å². The average molecular weight is 328 g/mol. The second-order valence-electron chi connectivity index (χ2n) is 4.64. The van der Waals surface area contributed by atoms with Crippen LogP contribution < -0.4 is 5.32 Å². The number of benzene rings is 1. The van der Waals surface area contributed by atoms with Gasteiger partial charge in [0.15, 0.2) is 0 Å². The zero-order valence-corrected chi connectivity index (χ0v) is 13.7. The van der Waals surface area contributed by atoms with E-state index in [1.165, 1.54) is 0 Å². The summed E-state index contributed by atoms with van der Waals surface area (Å²) in [6.07, 6.45) is 0.684. The van der Waals surface area contributed by atoms with Gasteiger partial charge in [-0.05, 0) is 44.5 Å². The van der Waals surface area contributed by atoms with E-state index in [2.05, 4.69) is 5.32 Å². The number of carbonyl (C=O) groups is 2. The molecule has 0 aliphatic rings. The molecule has 0 bridgehead atoms. The fraction of sp³-hybridized carbons (Fsp3) is 0.500. The summed E-state index contributed by atoms with van der Waals surface area (Å²) in [5, 5.41) is 3.73. The molecule has 22 heavy (non-hydrogen) atoms. The van der Waals surface area contributed by atoms with Gasteiger partial charge in [0.1, 0.15) is 6.04 Å². The lowest BCUT2D eigenvalue weighted by Gasteiger charge is -2.16. The Kier molecular flexibility index (Phi) is 8.55. The molecule has 0 fully saturated rings. The van der Waals surface area contributed by atoms with Gasteiger partial charge in [0.2, 0.25) is 0 Å². The predicted octanol–water partition coefficient (Wildman–Crippen LogP) is 2.36. The molecule has 1 rings (SSSR count). The molecule has 1 N–H and O–H groups in total. The first-order valence-corrected chi connectivity index (χ1v) is 7.74. The largest absolute Gasteiger partial charge is 0.466 e. The minimum absolute atomic E-state index is 0.0344. The fourth-order valence-corrected chi connectivity index (χ4v) is 2.04. The average Bonchev–Trinajstić information content (AvgIpc) is 2.48. The quantitative estimate of drug-likeness (QED) is 0.705. The van der Waals surface area contributed by atoms with E-state index in [0.29, 0.717) is 18.2 Å². The molecule has 0 saturated carbocycles. The number of ether oxygens (including phenoxy) is 2. The first-order chi connectivity index (χ1) is 10.6. The number of nitrogens with one attached hydrogen (secondary N) is 1. The molecule has 0 aliphatic carbocycles. The van der Waals surface area contributed by atoms with E-state index >= 15 is 0 Å². The second kappa shape index (κ2) is 10.2. The first-order valence-electron chi connectivity index (χ1n) is 7.36. The van der Waals surface area contributed by atoms with Crippen LogP contribution in [0, 0.1) is 0 Å². The smallest absolute Gasteiger partial charge is 0.323 e. The van der Waals surface area contributed by atoms with Crippen LogP contribution in [0.15, 0.2) is 24.3 Å². The van der Waals surface area contributed by atoms with Crippen LogP contribution in [0.3, 0.4) is 0 Å². The Morgan fingerprint density at radius 1 is 1.14 bits per heavy atom. The Morgan fingerprint density at radius 2 is 1.77 bits per heavy atom. The molecule has 0 aliphatic heterocycles. The molecule has 1 aromatic rings. The number of esters is 2. The van der Waals surface area contributed by atoms with Crippen molar-refractivity contribution in [2.24, 2.45) is 0 Å². The fourth-order valence-electron chi connectivity index (χ4n) is 1.91. The van der Waals surface area contributed by atoms with Crippen LogP contribution in [0.4, 0.5) is 0 Å². The molecule has 122 valence electrons. The van der Waals surface area contributed by atoms with Gasteiger partial charge in [-0.2, -0.15) is 0 Å². The summed E-state index contributed by atoms with van der Waals surface area (Å²) in [5.41, 5.74) is 1.09. The summed E-state index contributed by atoms with van der Waals surface area (Å²) in [7, 11) is 0. The van der Waals surface area contributed by atoms with Crippen molar-refractivity contribution in [1.29, 1.82) is 0 Å². The Hall–Kier alpha value is -1.59. The summed E-state index contributed by atoms with van der Waals surface area (Å²) in [5.74, 6) is -0.855. The molecule has 0 radical (unpaired) electrons. The maximum Gasteiger partial charge on any atom is 0.323 e. The zero-order valence-electron chi connectivity index (χ0n) is 12.9. The maximum absolute atomic E-state index is 11.9. The molecule has 0 amide bonds. The number of rotatable bonds is 9. The van der Waals surface area contributed by atoms with Crippen molar-refractivity contribution in [3.63, 3.8) is 0 Å². The van der Waals surface area contributed by atoms with Crippen molar-refractivity contribution in [2.75, 3.05) is 19.8 Å². The van der Waals surface area contributed by atoms with Gasteiger partial charge in [-0.15, -0.1) is 0 Å². The van der Waals surface area contributed by atoms with Gasteiger partial charge < -0.3 is 14.8 Å². The highest BCUT2D eigenvalue weighted by Gasteiger charge is 2.23. The Labute approximate surface area is 135 Å². The van der Waals surface area contributed by atoms with Gasteiger partial charge in [0.05, 0.1) is 19.6 Å². The van der Waals surface area contributed by atoms with Crippen LogP contribution in [0.1, 0.15) is 25.8 Å². The number of carbonyl (C=O) groups excluding carboxylic acids is 2. The molecule has 1 atom stereocenters. The third-order valence-electron chi connectivity index (χ3n) is 2.96. The summed E-state index contributed by atoms with van der Waals surface area (Å²) >= 11 is 5.83. The SMILES string of the molecule is CCOC(=O)CC(NCCc1ccc(Cl)cc1)C(=O)OCC. The third-order valence-corrected chi connectivity index (χ3v) is 3.22. The van der Waals surface area contributed by atoms with E-state index in [0.717, 1.165) is 12.0 Å². The summed E-state index contributed by atoms with van der Waals surface area (Å²) in [6.45, 7) is 4.57. The van der Waals surface area contributed by atoms with Gasteiger partial charge in [-0.25, -0.2) is 0 Å². The zero-order chi connectivity index (χ0) is 16.4. The molecular weight excluding hydrogens is 306 g/mol. The number of hydrogen-bond acceptors (Lipinski definition) is 5. The van der Waals surface area contributed by atoms with Crippen molar-refractivity contribution in [1.82, 2.24) is 5.32 Å². The Morgan fingerprint density at radius 3 is 2.36 bits per heavy atom. The van der Waals surface area contributed by atoms with E-state index in [9.17, 15) is 9.59 Å². The van der Waals surface area contributed by atoms with E-state index in [1.54, 1.807) is 13.8 Å². The van der Waals surface area contributed by atoms with Crippen molar-refractivity contribution < 1.29 is 19.1 Å². The Bertz CT molecular complexity index is 476. The standard InChI is InChI=1S/C16H22ClNO4/c1-3-21-15(19)11-14(16(20)22-4-2)18-10-9-12-5-7-13(17)8-6-12/h5-8,14,18H,3-4,9-11H2,1-2H3. The van der Waals surface area contributed by atoms with Crippen LogP contribution in [0.25, 0.3) is 0 Å². The van der Waals surface area contributed by atoms with Crippen LogP contribution in [0.2, 0.25) is 5.02 Å². The lowest BCUT2D eigenvalue weighted by molar-refractivity contribution is -0.152. The highest BCUT2D eigenvalue weighted by atomic mass is 35.5. The molecule has 1 unspecified atom stereocenters. The highest BCUT2D eigenvalue weighted by molar-refractivity contribution is 6.30. The molecule has 5 nitrogen and oxygen atoms in total. The number of halogens is 1. The lowest BCUT2D eigenvalue weighted by Crippen LogP contribution is -2.41. The maximum atomic E-state index is 11.9. The molecule has 0 aromatic heterocycles. The molecule has 0 heterocycles. The number of hydrogen-bond donors (Lipinski definition) is 1. The van der Waals surface area contributed by atoms with Crippen molar-refractivity contribution in [3.05, 3.63) is 34.9 Å². The second-order valence-corrected chi connectivity index (χ2v) is 5.08. The summed E-state index contributed by atoms with van der Waals surface area (Å²) < 4.78 is 9.85. The molecule has 0 saturated heterocycles. The van der Waals surface area contributed by atoms with Crippen molar-refractivity contribution >= 4 is 23.5 Å². The topological polar surface area (TPSA) is 64.6 Å². The lowest BCUT2D eigenvalue weighted by atomic mass is 10.1. The molecule has 0 spiro atoms. The predicted molar refractivity (Wildman–Crippen MR) is 84.8 cm³/mol. The van der Waals surface area contributed by atoms with Crippen LogP contribution in [-0.2, 0) is 25.5 Å². The minimum atomic E-state index is -0.689. The molecule has 1 aromatic carbocycles. The van der Waals surface area contributed by atoms with Crippen molar-refractivity contribution in [3.8, 4) is 0 Å². The molecular formula is C16H22ClNO4. The van der Waals surface area contributed by atoms with Gasteiger partial charge in [0.25, 0.3) is 0 Å². The van der Waals surface area contributed by atoms with Crippen molar-refractivity contribution in [2.45, 2.75) is 32.7 Å². The summed E-state index contributed by atoms with van der Waals surface area (Å²) in [4.78, 5) is 23.4. The van der Waals surface area contributed by atoms with Gasteiger partial charge in [0, 0.05) is 5.02 Å². The van der Waals surface area contributed by atoms with Crippen LogP contribution in [-0.4, -0.2) is 37.7 Å². The highest BCUT2D eigenvalue weighted by Crippen LogP contribution is 2.09. The van der Waals surface area contributed by atoms with E-state index < -0.39 is 18.0 Å². The van der Waals surface area contributed by atoms with Crippen LogP contribution in [0.5, 0.6) is 0 Å².